The molecule has 2 amide bonds. The summed E-state index contributed by atoms with van der Waals surface area (Å²) >= 11 is 0. The second kappa shape index (κ2) is 7.68. The van der Waals surface area contributed by atoms with Gasteiger partial charge in [0, 0.05) is 40.6 Å². The van der Waals surface area contributed by atoms with Gasteiger partial charge in [0.2, 0.25) is 0 Å². The molecule has 0 radical (unpaired) electrons. The van der Waals surface area contributed by atoms with Gasteiger partial charge in [0.15, 0.2) is 5.78 Å². The summed E-state index contributed by atoms with van der Waals surface area (Å²) < 4.78 is 10.8. The molecule has 1 rings (SSSR count). The van der Waals surface area contributed by atoms with Crippen molar-refractivity contribution < 1.29 is 13.8 Å². The van der Waals surface area contributed by atoms with Gasteiger partial charge in [-0.25, -0.2) is 4.79 Å². The zero-order valence-electron chi connectivity index (χ0n) is 11.1. The molecule has 0 aliphatic carbocycles. The molecule has 1 aromatic carbocycles. The van der Waals surface area contributed by atoms with Crippen LogP contribution in [-0.4, -0.2) is 34.6 Å². The summed E-state index contributed by atoms with van der Waals surface area (Å²) in [4.78, 5) is 22.8. The van der Waals surface area contributed by atoms with Crippen molar-refractivity contribution in [2.75, 3.05) is 23.9 Å². The zero-order chi connectivity index (χ0) is 14.3. The fraction of sp³-hybridized carbons (Fsp3) is 0.385. The molecule has 0 saturated heterocycles. The summed E-state index contributed by atoms with van der Waals surface area (Å²) in [5, 5.41) is 5.31. The second-order valence-electron chi connectivity index (χ2n) is 4.15. The minimum absolute atomic E-state index is 0.0468. The number of Topliss-reactive ketones (excluding diaryl/α,β-unsaturated/α-hetero) is 1. The van der Waals surface area contributed by atoms with E-state index in [2.05, 4.69) is 10.6 Å². The number of urea groups is 1. The number of amides is 2. The van der Waals surface area contributed by atoms with Crippen molar-refractivity contribution in [1.29, 1.82) is 0 Å². The Hall–Kier alpha value is -1.69. The first-order valence-electron chi connectivity index (χ1n) is 5.95. The number of carbonyl (C=O) groups excluding carboxylic acids is 2. The van der Waals surface area contributed by atoms with Crippen LogP contribution in [0.25, 0.3) is 0 Å². The summed E-state index contributed by atoms with van der Waals surface area (Å²) in [6, 6.07) is 6.42. The highest BCUT2D eigenvalue weighted by atomic mass is 32.2. The molecule has 6 heteroatoms. The van der Waals surface area contributed by atoms with E-state index in [9.17, 15) is 13.8 Å². The number of rotatable bonds is 6. The SMILES string of the molecule is CC(=O)c1cccc(NC(=O)NCCCS(C)=O)c1. The normalized spacial score (nSPS) is 11.7. The molecule has 0 aliphatic heterocycles. The van der Waals surface area contributed by atoms with Gasteiger partial charge >= 0.3 is 6.03 Å². The van der Waals surface area contributed by atoms with Crippen LogP contribution in [0.3, 0.4) is 0 Å². The average molecular weight is 282 g/mol. The van der Waals surface area contributed by atoms with Gasteiger partial charge in [-0.3, -0.25) is 9.00 Å². The van der Waals surface area contributed by atoms with E-state index in [0.29, 0.717) is 30.0 Å². The Morgan fingerprint density at radius 2 is 2.05 bits per heavy atom. The predicted octanol–water partition coefficient (Wildman–Crippen LogP) is 1.78. The van der Waals surface area contributed by atoms with E-state index < -0.39 is 10.8 Å². The lowest BCUT2D eigenvalue weighted by Crippen LogP contribution is -2.30. The van der Waals surface area contributed by atoms with Crippen molar-refractivity contribution in [2.45, 2.75) is 13.3 Å². The van der Waals surface area contributed by atoms with Gasteiger partial charge in [-0.05, 0) is 25.5 Å². The van der Waals surface area contributed by atoms with Crippen LogP contribution in [0.4, 0.5) is 10.5 Å². The van der Waals surface area contributed by atoms with Crippen molar-refractivity contribution in [3.63, 3.8) is 0 Å². The van der Waals surface area contributed by atoms with E-state index >= 15 is 0 Å². The van der Waals surface area contributed by atoms with Gasteiger partial charge in [0.1, 0.15) is 0 Å². The highest BCUT2D eigenvalue weighted by Gasteiger charge is 2.04. The highest BCUT2D eigenvalue weighted by Crippen LogP contribution is 2.10. The van der Waals surface area contributed by atoms with Crippen LogP contribution in [0, 0.1) is 0 Å². The van der Waals surface area contributed by atoms with Crippen LogP contribution in [0.15, 0.2) is 24.3 Å². The van der Waals surface area contributed by atoms with E-state index in [4.69, 9.17) is 0 Å². The Bertz CT molecular complexity index is 489. The Balaban J connectivity index is 2.42. The third-order valence-corrected chi connectivity index (χ3v) is 3.28. The molecule has 0 aromatic heterocycles. The minimum Gasteiger partial charge on any atom is -0.338 e. The van der Waals surface area contributed by atoms with E-state index in [-0.39, 0.29) is 11.8 Å². The molecule has 1 unspecified atom stereocenters. The van der Waals surface area contributed by atoms with Gasteiger partial charge in [-0.15, -0.1) is 0 Å². The largest absolute Gasteiger partial charge is 0.338 e. The number of hydrogen-bond donors (Lipinski definition) is 2. The van der Waals surface area contributed by atoms with Gasteiger partial charge in [-0.1, -0.05) is 12.1 Å². The van der Waals surface area contributed by atoms with E-state index in [1.54, 1.807) is 30.5 Å². The molecule has 2 N–H and O–H groups in total. The highest BCUT2D eigenvalue weighted by molar-refractivity contribution is 7.84. The summed E-state index contributed by atoms with van der Waals surface area (Å²) in [5.74, 6) is 0.523. The maximum absolute atomic E-state index is 11.6. The average Bonchev–Trinajstić information content (AvgIpc) is 2.34. The molecule has 0 bridgehead atoms. The number of carbonyl (C=O) groups is 2. The molecule has 0 saturated carbocycles. The molecular formula is C13H18N2O3S. The van der Waals surface area contributed by atoms with Gasteiger partial charge in [-0.2, -0.15) is 0 Å². The van der Waals surface area contributed by atoms with Gasteiger partial charge in [0.05, 0.1) is 0 Å². The molecule has 0 heterocycles. The van der Waals surface area contributed by atoms with Crippen LogP contribution in [0.1, 0.15) is 23.7 Å². The molecule has 1 aromatic rings. The van der Waals surface area contributed by atoms with Crippen molar-refractivity contribution in [1.82, 2.24) is 5.32 Å². The van der Waals surface area contributed by atoms with Crippen molar-refractivity contribution in [2.24, 2.45) is 0 Å². The maximum atomic E-state index is 11.6. The summed E-state index contributed by atoms with van der Waals surface area (Å²) in [6.07, 6.45) is 2.30. The van der Waals surface area contributed by atoms with Crippen molar-refractivity contribution >= 4 is 28.3 Å². The Labute approximate surface area is 115 Å². The summed E-state index contributed by atoms with van der Waals surface area (Å²) in [5.41, 5.74) is 1.13. The monoisotopic (exact) mass is 282 g/mol. The quantitative estimate of drug-likeness (QED) is 0.617. The second-order valence-corrected chi connectivity index (χ2v) is 5.70. The van der Waals surface area contributed by atoms with Crippen molar-refractivity contribution in [3.8, 4) is 0 Å². The lowest BCUT2D eigenvalue weighted by molar-refractivity contribution is 0.101. The van der Waals surface area contributed by atoms with Crippen LogP contribution < -0.4 is 10.6 Å². The first-order valence-corrected chi connectivity index (χ1v) is 7.67. The molecule has 1 atom stereocenters. The number of hydrogen-bond acceptors (Lipinski definition) is 3. The third kappa shape index (κ3) is 6.15. The fourth-order valence-electron chi connectivity index (χ4n) is 1.47. The van der Waals surface area contributed by atoms with Gasteiger partial charge < -0.3 is 10.6 Å². The summed E-state index contributed by atoms with van der Waals surface area (Å²) in [6.45, 7) is 1.95. The molecule has 5 nitrogen and oxygen atoms in total. The van der Waals surface area contributed by atoms with Crippen LogP contribution in [-0.2, 0) is 10.8 Å². The van der Waals surface area contributed by atoms with Crippen LogP contribution >= 0.6 is 0 Å². The molecule has 104 valence electrons. The molecular weight excluding hydrogens is 264 g/mol. The first-order chi connectivity index (χ1) is 8.99. The van der Waals surface area contributed by atoms with E-state index in [0.717, 1.165) is 0 Å². The third-order valence-electron chi connectivity index (χ3n) is 2.42. The number of ketones is 1. The van der Waals surface area contributed by atoms with E-state index in [1.165, 1.54) is 6.92 Å². The Morgan fingerprint density at radius 3 is 2.68 bits per heavy atom. The number of benzene rings is 1. The molecule has 0 spiro atoms. The zero-order valence-corrected chi connectivity index (χ0v) is 11.9. The lowest BCUT2D eigenvalue weighted by Gasteiger charge is -2.08. The standard InChI is InChI=1S/C13H18N2O3S/c1-10(16)11-5-3-6-12(9-11)15-13(17)14-7-4-8-19(2)18/h3,5-6,9H,4,7-8H2,1-2H3,(H2,14,15,17). The fourth-order valence-corrected chi connectivity index (χ4v) is 2.02. The Morgan fingerprint density at radius 1 is 1.32 bits per heavy atom. The molecule has 19 heavy (non-hydrogen) atoms. The van der Waals surface area contributed by atoms with Crippen LogP contribution in [0.5, 0.6) is 0 Å². The molecule has 0 aliphatic rings. The van der Waals surface area contributed by atoms with Gasteiger partial charge in [0.25, 0.3) is 0 Å². The minimum atomic E-state index is -0.836. The van der Waals surface area contributed by atoms with E-state index in [1.807, 2.05) is 0 Å². The smallest absolute Gasteiger partial charge is 0.319 e. The predicted molar refractivity (Wildman–Crippen MR) is 77.0 cm³/mol. The topological polar surface area (TPSA) is 75.3 Å². The number of nitrogens with one attached hydrogen (secondary N) is 2. The first kappa shape index (κ1) is 15.4. The summed E-state index contributed by atoms with van der Waals surface area (Å²) in [7, 11) is -0.836. The molecule has 0 fully saturated rings. The lowest BCUT2D eigenvalue weighted by atomic mass is 10.1. The maximum Gasteiger partial charge on any atom is 0.319 e. The van der Waals surface area contributed by atoms with Crippen LogP contribution in [0.2, 0.25) is 0 Å². The Kier molecular flexibility index (Phi) is 6.21. The van der Waals surface area contributed by atoms with Crippen molar-refractivity contribution in [3.05, 3.63) is 29.8 Å². The number of anilines is 1.